The number of amides is 2. The largest absolute Gasteiger partial charge is 0.345 e. The van der Waals surface area contributed by atoms with E-state index in [0.717, 1.165) is 48.0 Å². The molecule has 0 saturated heterocycles. The maximum atomic E-state index is 13.2. The van der Waals surface area contributed by atoms with Crippen LogP contribution in [0.4, 0.5) is 0 Å². The van der Waals surface area contributed by atoms with Crippen molar-refractivity contribution in [1.29, 1.82) is 0 Å². The highest BCUT2D eigenvalue weighted by Gasteiger charge is 2.59. The van der Waals surface area contributed by atoms with Gasteiger partial charge < -0.3 is 10.6 Å². The topological polar surface area (TPSA) is 84.0 Å². The first-order valence-corrected chi connectivity index (χ1v) is 12.2. The van der Waals surface area contributed by atoms with E-state index in [4.69, 9.17) is 0 Å². The molecule has 2 atom stereocenters. The number of hydrogen-bond donors (Lipinski definition) is 2. The second-order valence-corrected chi connectivity index (χ2v) is 11.1. The molecule has 2 unspecified atom stereocenters. The Morgan fingerprint density at radius 3 is 2.31 bits per heavy atom. The zero-order chi connectivity index (χ0) is 21.9. The van der Waals surface area contributed by atoms with Crippen molar-refractivity contribution < 1.29 is 11.0 Å². The lowest BCUT2D eigenvalue weighted by Crippen LogP contribution is -2.69. The Hall–Kier alpha value is -2.80. The first kappa shape index (κ1) is 19.9. The van der Waals surface area contributed by atoms with E-state index in [1.54, 1.807) is 6.07 Å². The van der Waals surface area contributed by atoms with Crippen molar-refractivity contribution in [1.82, 2.24) is 20.6 Å². The molecule has 4 fully saturated rings. The predicted octanol–water partition coefficient (Wildman–Crippen LogP) is 4.50. The first-order chi connectivity index (χ1) is 15.4. The Labute approximate surface area is 192 Å². The first-order valence-electron chi connectivity index (χ1n) is 11.4. The smallest absolute Gasteiger partial charge is 0.280 e. The summed E-state index contributed by atoms with van der Waals surface area (Å²) < 4.78 is 1.03. The molecule has 2 aromatic heterocycles. The maximum Gasteiger partial charge on any atom is 0.280 e. The number of aryl methyl sites for hydroxylation is 1. The minimum Gasteiger partial charge on any atom is -0.345 e. The molecular formula is C25H28N4O2S. The number of nitrogens with one attached hydrogen (secondary N) is 2. The summed E-state index contributed by atoms with van der Waals surface area (Å²) in [7, 11) is 0. The van der Waals surface area contributed by atoms with Crippen LogP contribution in [0.2, 0.25) is 0 Å². The summed E-state index contributed by atoms with van der Waals surface area (Å²) in [6.45, 7) is 1.90. The molecule has 6 nitrogen and oxygen atoms in total. The van der Waals surface area contributed by atoms with Crippen LogP contribution in [0.3, 0.4) is 0 Å². The van der Waals surface area contributed by atoms with Gasteiger partial charge in [0.2, 0.25) is 0 Å². The van der Waals surface area contributed by atoms with Crippen LogP contribution in [0.15, 0.2) is 42.5 Å². The number of pyridine rings is 1. The fourth-order valence-electron chi connectivity index (χ4n) is 6.79. The number of rotatable bonds is 4. The van der Waals surface area contributed by atoms with Crippen LogP contribution in [-0.2, 0) is 0 Å². The van der Waals surface area contributed by atoms with Crippen LogP contribution in [0.25, 0.3) is 10.2 Å². The molecule has 0 spiro atoms. The molecule has 2 heterocycles. The van der Waals surface area contributed by atoms with Crippen LogP contribution in [-0.4, -0.2) is 32.9 Å². The number of nitrogens with zero attached hydrogens (tertiary/aromatic N) is 2. The monoisotopic (exact) mass is 448 g/mol. The van der Waals surface area contributed by atoms with Gasteiger partial charge in [0.05, 0.1) is 10.2 Å². The summed E-state index contributed by atoms with van der Waals surface area (Å²) in [6.07, 6.45) is 5.92. The lowest BCUT2D eigenvalue weighted by Gasteiger charge is -2.62. The van der Waals surface area contributed by atoms with Crippen molar-refractivity contribution in [3.8, 4) is 0 Å². The van der Waals surface area contributed by atoms with E-state index in [1.807, 2.05) is 43.3 Å². The van der Waals surface area contributed by atoms with E-state index in [-0.39, 0.29) is 24.3 Å². The second kappa shape index (κ2) is 7.10. The number of thiazole rings is 1. The van der Waals surface area contributed by atoms with Crippen molar-refractivity contribution in [2.75, 3.05) is 0 Å². The third-order valence-corrected chi connectivity index (χ3v) is 8.46. The fourth-order valence-corrected chi connectivity index (χ4v) is 7.65. The third kappa shape index (κ3) is 3.39. The van der Waals surface area contributed by atoms with Gasteiger partial charge in [0.25, 0.3) is 11.8 Å². The van der Waals surface area contributed by atoms with Gasteiger partial charge in [-0.2, -0.15) is 0 Å². The highest BCUT2D eigenvalue weighted by atomic mass is 32.1. The van der Waals surface area contributed by atoms with Crippen molar-refractivity contribution >= 4 is 33.4 Å². The number of hydrogen-bond acceptors (Lipinski definition) is 5. The molecule has 7 heteroatoms. The van der Waals surface area contributed by atoms with Gasteiger partial charge in [-0.15, -0.1) is 11.3 Å². The normalized spacial score (nSPS) is 30.4. The molecule has 7 rings (SSSR count). The molecule has 2 amide bonds. The number of fused-ring (bicyclic) bond motifs is 1. The number of carbonyl (C=O) groups is 2. The van der Waals surface area contributed by atoms with Crippen LogP contribution >= 0.6 is 11.3 Å². The fraction of sp³-hybridized carbons (Fsp3) is 0.440. The minimum absolute atomic E-state index is 0. The molecule has 0 radical (unpaired) electrons. The van der Waals surface area contributed by atoms with E-state index in [9.17, 15) is 9.59 Å². The molecule has 4 saturated carbocycles. The number of para-hydroxylation sites is 1. The van der Waals surface area contributed by atoms with Gasteiger partial charge in [0.1, 0.15) is 5.69 Å². The molecule has 1 aromatic carbocycles. The molecule has 4 aliphatic rings. The Morgan fingerprint density at radius 1 is 0.938 bits per heavy atom. The maximum absolute atomic E-state index is 13.2. The van der Waals surface area contributed by atoms with Crippen LogP contribution in [0.1, 0.15) is 65.9 Å². The van der Waals surface area contributed by atoms with Gasteiger partial charge in [-0.25, -0.2) is 9.97 Å². The minimum atomic E-state index is -0.271. The lowest BCUT2D eigenvalue weighted by atomic mass is 9.50. The Balaban J connectivity index is 0.00000228. The predicted molar refractivity (Wildman–Crippen MR) is 126 cm³/mol. The van der Waals surface area contributed by atoms with Gasteiger partial charge in [-0.1, -0.05) is 18.2 Å². The van der Waals surface area contributed by atoms with Crippen molar-refractivity contribution in [2.24, 2.45) is 11.8 Å². The van der Waals surface area contributed by atoms with Crippen molar-refractivity contribution in [3.05, 3.63) is 58.9 Å². The molecule has 2 N–H and O–H groups in total. The van der Waals surface area contributed by atoms with E-state index in [1.165, 1.54) is 17.8 Å². The molecule has 0 aliphatic heterocycles. The molecule has 166 valence electrons. The average molecular weight is 449 g/mol. The van der Waals surface area contributed by atoms with Gasteiger partial charge in [0, 0.05) is 18.2 Å². The molecule has 4 aliphatic carbocycles. The summed E-state index contributed by atoms with van der Waals surface area (Å²) in [4.78, 5) is 35.2. The Morgan fingerprint density at radius 2 is 1.62 bits per heavy atom. The van der Waals surface area contributed by atoms with E-state index in [0.29, 0.717) is 22.5 Å². The van der Waals surface area contributed by atoms with E-state index < -0.39 is 0 Å². The summed E-state index contributed by atoms with van der Waals surface area (Å²) in [5, 5.41) is 7.27. The number of aromatic nitrogens is 2. The van der Waals surface area contributed by atoms with Crippen LogP contribution < -0.4 is 10.6 Å². The molecule has 32 heavy (non-hydrogen) atoms. The van der Waals surface area contributed by atoms with E-state index >= 15 is 0 Å². The second-order valence-electron chi connectivity index (χ2n) is 10.1. The van der Waals surface area contributed by atoms with Gasteiger partial charge in [0.15, 0.2) is 5.01 Å². The van der Waals surface area contributed by atoms with Crippen LogP contribution in [0.5, 0.6) is 0 Å². The Bertz CT molecular complexity index is 1190. The zero-order valence-electron chi connectivity index (χ0n) is 18.1. The van der Waals surface area contributed by atoms with Crippen molar-refractivity contribution in [3.63, 3.8) is 0 Å². The standard InChI is InChI=1S/C25H26N4O2S.H2/c1-15-5-4-7-19(26-15)21(30)28-24-10-16-9-17(11-24)13-25(12-16,14-24)29-22(31)23-27-18-6-2-3-8-20(18)32-23;/h2-8,16-17H,9-14H2,1H3,(H,28,30)(H,29,31);1H. The van der Waals surface area contributed by atoms with E-state index in [2.05, 4.69) is 20.6 Å². The summed E-state index contributed by atoms with van der Waals surface area (Å²) >= 11 is 1.44. The number of carbonyl (C=O) groups excluding carboxylic acids is 2. The quantitative estimate of drug-likeness (QED) is 0.616. The average Bonchev–Trinajstić information content (AvgIpc) is 3.17. The van der Waals surface area contributed by atoms with Crippen LogP contribution in [0, 0.1) is 18.8 Å². The van der Waals surface area contributed by atoms with Gasteiger partial charge in [-0.05, 0) is 81.5 Å². The molecular weight excluding hydrogens is 420 g/mol. The van der Waals surface area contributed by atoms with Gasteiger partial charge in [-0.3, -0.25) is 9.59 Å². The summed E-state index contributed by atoms with van der Waals surface area (Å²) in [5.41, 5.74) is 1.62. The third-order valence-electron chi connectivity index (χ3n) is 7.43. The summed E-state index contributed by atoms with van der Waals surface area (Å²) in [6, 6.07) is 13.4. The van der Waals surface area contributed by atoms with Crippen molar-refractivity contribution in [2.45, 2.75) is 56.5 Å². The summed E-state index contributed by atoms with van der Waals surface area (Å²) in [5.74, 6) is 0.855. The Kier molecular flexibility index (Phi) is 4.41. The lowest BCUT2D eigenvalue weighted by molar-refractivity contribution is -0.0448. The molecule has 4 bridgehead atoms. The SMILES string of the molecule is Cc1cccc(C(=O)NC23CC4CC(C2)CC(NC(=O)c2nc5ccccc5s2)(C4)C3)n1.[HH]. The van der Waals surface area contributed by atoms with Gasteiger partial charge >= 0.3 is 0 Å². The zero-order valence-corrected chi connectivity index (χ0v) is 18.9. The highest BCUT2D eigenvalue weighted by molar-refractivity contribution is 7.20. The number of benzene rings is 1. The highest BCUT2D eigenvalue weighted by Crippen LogP contribution is 2.57. The molecule has 3 aromatic rings.